The zero-order valence-electron chi connectivity index (χ0n) is 20.8. The summed E-state index contributed by atoms with van der Waals surface area (Å²) >= 11 is 0. The Morgan fingerprint density at radius 3 is 1.00 bits per heavy atom. The van der Waals surface area contributed by atoms with Gasteiger partial charge in [-0.15, -0.1) is 0 Å². The largest absolute Gasteiger partial charge is 0.453 e. The molecule has 0 bridgehead atoms. The molecule has 3 N–H and O–H groups in total. The first-order valence-corrected chi connectivity index (χ1v) is 10.7. The second-order valence-corrected chi connectivity index (χ2v) is 8.96. The average Bonchev–Trinajstić information content (AvgIpc) is 2.74. The van der Waals surface area contributed by atoms with Gasteiger partial charge in [-0.1, -0.05) is 16.7 Å². The number of ether oxygens (including phenoxy) is 3. The molecule has 1 saturated carbocycles. The van der Waals surface area contributed by atoms with Gasteiger partial charge in [0.1, 0.15) is 18.3 Å². The van der Waals surface area contributed by atoms with Gasteiger partial charge >= 0.3 is 17.9 Å². The molecular formula is C24H36O9. The summed E-state index contributed by atoms with van der Waals surface area (Å²) in [6.45, 7) is 14.7. The molecule has 0 aromatic heterocycles. The number of hydrogen-bond acceptors (Lipinski definition) is 9. The summed E-state index contributed by atoms with van der Waals surface area (Å²) in [6, 6.07) is 0. The molecule has 0 radical (unpaired) electrons. The second kappa shape index (κ2) is 11.6. The predicted octanol–water partition coefficient (Wildman–Crippen LogP) is 1.89. The highest BCUT2D eigenvalue weighted by atomic mass is 16.6. The van der Waals surface area contributed by atoms with Crippen molar-refractivity contribution in [1.29, 1.82) is 0 Å². The van der Waals surface area contributed by atoms with E-state index in [1.54, 1.807) is 41.5 Å². The molecule has 0 aliphatic heterocycles. The van der Waals surface area contributed by atoms with Gasteiger partial charge in [0.2, 0.25) is 0 Å². The minimum absolute atomic E-state index is 0.252. The molecule has 33 heavy (non-hydrogen) atoms. The Balaban J connectivity index is 3.39. The lowest BCUT2D eigenvalue weighted by atomic mass is 9.84. The fourth-order valence-electron chi connectivity index (χ4n) is 2.83. The fourth-order valence-corrected chi connectivity index (χ4v) is 2.83. The summed E-state index contributed by atoms with van der Waals surface area (Å²) in [5.41, 5.74) is 2.73. The van der Waals surface area contributed by atoms with E-state index in [9.17, 15) is 29.7 Å². The van der Waals surface area contributed by atoms with Gasteiger partial charge in [0.05, 0.1) is 0 Å². The van der Waals surface area contributed by atoms with Crippen LogP contribution >= 0.6 is 0 Å². The quantitative estimate of drug-likeness (QED) is 0.303. The molecule has 0 spiro atoms. The Morgan fingerprint density at radius 2 is 0.697 bits per heavy atom. The number of rotatable bonds is 6. The topological polar surface area (TPSA) is 140 Å². The number of hydrogen-bond donors (Lipinski definition) is 3. The van der Waals surface area contributed by atoms with Gasteiger partial charge in [-0.2, -0.15) is 0 Å². The van der Waals surface area contributed by atoms with Crippen molar-refractivity contribution < 1.29 is 43.9 Å². The van der Waals surface area contributed by atoms with Crippen molar-refractivity contribution in [2.45, 2.75) is 98.9 Å². The SMILES string of the molecule is CC(C)=C(C)C(=O)OC1C(O)C(O)C(OC(=O)C(C)=C(C)C)C(OC(=O)C(C)=C(C)C)C1O. The van der Waals surface area contributed by atoms with E-state index in [1.165, 1.54) is 20.8 Å². The van der Waals surface area contributed by atoms with Crippen LogP contribution in [0.25, 0.3) is 0 Å². The van der Waals surface area contributed by atoms with Crippen molar-refractivity contribution >= 4 is 17.9 Å². The van der Waals surface area contributed by atoms with Crippen LogP contribution in [-0.4, -0.2) is 69.9 Å². The van der Waals surface area contributed by atoms with E-state index in [-0.39, 0.29) is 16.7 Å². The molecular weight excluding hydrogens is 432 g/mol. The molecule has 1 fully saturated rings. The summed E-state index contributed by atoms with van der Waals surface area (Å²) < 4.78 is 16.0. The normalized spacial score (nSPS) is 26.5. The molecule has 0 aromatic carbocycles. The first kappa shape index (κ1) is 28.5. The molecule has 0 saturated heterocycles. The standard InChI is InChI=1S/C24H36O9/c1-10(2)13(7)22(28)31-19-16(25)17(26)20(32-23(29)14(8)11(3)4)21(18(19)27)33-24(30)15(9)12(5)6/h16-21,25-27H,1-9H3. The Kier molecular flexibility index (Phi) is 10.0. The van der Waals surface area contributed by atoms with Crippen molar-refractivity contribution in [3.63, 3.8) is 0 Å². The maximum Gasteiger partial charge on any atom is 0.334 e. The van der Waals surface area contributed by atoms with E-state index >= 15 is 0 Å². The number of allylic oxidation sites excluding steroid dienone is 3. The van der Waals surface area contributed by atoms with E-state index in [0.29, 0.717) is 16.7 Å². The number of aliphatic hydroxyl groups is 3. The Morgan fingerprint density at radius 1 is 0.455 bits per heavy atom. The first-order valence-electron chi connectivity index (χ1n) is 10.7. The molecule has 0 aromatic rings. The van der Waals surface area contributed by atoms with E-state index in [0.717, 1.165) is 0 Å². The lowest BCUT2D eigenvalue weighted by Gasteiger charge is -2.44. The minimum Gasteiger partial charge on any atom is -0.453 e. The third-order valence-electron chi connectivity index (χ3n) is 5.92. The third-order valence-corrected chi connectivity index (χ3v) is 5.92. The molecule has 9 heteroatoms. The van der Waals surface area contributed by atoms with Crippen molar-refractivity contribution in [1.82, 2.24) is 0 Å². The van der Waals surface area contributed by atoms with E-state index < -0.39 is 54.5 Å². The van der Waals surface area contributed by atoms with Crippen LogP contribution in [0.4, 0.5) is 0 Å². The van der Waals surface area contributed by atoms with Crippen molar-refractivity contribution in [3.8, 4) is 0 Å². The lowest BCUT2D eigenvalue weighted by Crippen LogP contribution is -2.66. The van der Waals surface area contributed by atoms with Gasteiger partial charge in [0.15, 0.2) is 18.3 Å². The van der Waals surface area contributed by atoms with Crippen molar-refractivity contribution in [2.24, 2.45) is 0 Å². The smallest absolute Gasteiger partial charge is 0.334 e. The molecule has 9 nitrogen and oxygen atoms in total. The highest BCUT2D eigenvalue weighted by Gasteiger charge is 2.55. The molecule has 1 aliphatic rings. The Labute approximate surface area is 194 Å². The summed E-state index contributed by atoms with van der Waals surface area (Å²) in [4.78, 5) is 37.5. The van der Waals surface area contributed by atoms with Gasteiger partial charge < -0.3 is 29.5 Å². The monoisotopic (exact) mass is 468 g/mol. The molecule has 1 rings (SSSR count). The van der Waals surface area contributed by atoms with Gasteiger partial charge in [-0.05, 0) is 62.3 Å². The van der Waals surface area contributed by atoms with Crippen molar-refractivity contribution in [3.05, 3.63) is 33.4 Å². The highest BCUT2D eigenvalue weighted by Crippen LogP contribution is 2.30. The summed E-state index contributed by atoms with van der Waals surface area (Å²) in [5.74, 6) is -2.44. The number of esters is 3. The fraction of sp³-hybridized carbons (Fsp3) is 0.625. The highest BCUT2D eigenvalue weighted by molar-refractivity contribution is 5.90. The molecule has 1 aliphatic carbocycles. The van der Waals surface area contributed by atoms with Crippen LogP contribution < -0.4 is 0 Å². The van der Waals surface area contributed by atoms with Crippen LogP contribution in [0, 0.1) is 0 Å². The minimum atomic E-state index is -1.81. The van der Waals surface area contributed by atoms with Crippen LogP contribution in [0.2, 0.25) is 0 Å². The van der Waals surface area contributed by atoms with Gasteiger partial charge in [0, 0.05) is 16.7 Å². The van der Waals surface area contributed by atoms with Crippen LogP contribution in [0.3, 0.4) is 0 Å². The molecule has 0 heterocycles. The average molecular weight is 469 g/mol. The van der Waals surface area contributed by atoms with Gasteiger partial charge in [-0.3, -0.25) is 0 Å². The number of aliphatic hydroxyl groups excluding tert-OH is 3. The maximum atomic E-state index is 12.6. The maximum absolute atomic E-state index is 12.6. The van der Waals surface area contributed by atoms with E-state index in [1.807, 2.05) is 0 Å². The zero-order chi connectivity index (χ0) is 25.8. The lowest BCUT2D eigenvalue weighted by molar-refractivity contribution is -0.244. The molecule has 186 valence electrons. The van der Waals surface area contributed by atoms with Gasteiger partial charge in [-0.25, -0.2) is 14.4 Å². The van der Waals surface area contributed by atoms with E-state index in [2.05, 4.69) is 0 Å². The van der Waals surface area contributed by atoms with Crippen molar-refractivity contribution in [2.75, 3.05) is 0 Å². The Hall–Kier alpha value is -2.49. The van der Waals surface area contributed by atoms with E-state index in [4.69, 9.17) is 14.2 Å². The second-order valence-electron chi connectivity index (χ2n) is 8.96. The first-order chi connectivity index (χ1) is 15.1. The molecule has 0 amide bonds. The van der Waals surface area contributed by atoms with Crippen LogP contribution in [0.5, 0.6) is 0 Å². The summed E-state index contributed by atoms with van der Waals surface area (Å²) in [5, 5.41) is 32.3. The van der Waals surface area contributed by atoms with Gasteiger partial charge in [0.25, 0.3) is 0 Å². The predicted molar refractivity (Wildman–Crippen MR) is 120 cm³/mol. The summed E-state index contributed by atoms with van der Waals surface area (Å²) in [6.07, 6.45) is -10.2. The molecule has 6 unspecified atom stereocenters. The van der Waals surface area contributed by atoms with Crippen LogP contribution in [-0.2, 0) is 28.6 Å². The van der Waals surface area contributed by atoms with Crippen LogP contribution in [0.1, 0.15) is 62.3 Å². The van der Waals surface area contributed by atoms with Crippen LogP contribution in [0.15, 0.2) is 33.4 Å². The number of carbonyl (C=O) groups excluding carboxylic acids is 3. The summed E-state index contributed by atoms with van der Waals surface area (Å²) in [7, 11) is 0. The number of carbonyl (C=O) groups is 3. The third kappa shape index (κ3) is 6.75. The molecule has 6 atom stereocenters. The zero-order valence-corrected chi connectivity index (χ0v) is 20.8. The Bertz CT molecular complexity index is 868.